The van der Waals surface area contributed by atoms with Crippen LogP contribution >= 0.6 is 15.9 Å². The van der Waals surface area contributed by atoms with E-state index in [0.29, 0.717) is 36.5 Å². The number of rotatable bonds is 9. The molecule has 0 aliphatic carbocycles. The van der Waals surface area contributed by atoms with E-state index in [1.165, 1.54) is 0 Å². The molecule has 0 amide bonds. The second kappa shape index (κ2) is 11.8. The molecule has 0 aliphatic heterocycles. The van der Waals surface area contributed by atoms with Gasteiger partial charge in [-0.3, -0.25) is 5.10 Å². The number of ether oxygens (including phenoxy) is 2. The van der Waals surface area contributed by atoms with Crippen molar-refractivity contribution in [3.05, 3.63) is 111 Å². The number of benzene rings is 3. The maximum absolute atomic E-state index is 13.0. The zero-order chi connectivity index (χ0) is 28.3. The maximum atomic E-state index is 13.0. The molecule has 5 aromatic rings. The van der Waals surface area contributed by atoms with Gasteiger partial charge in [-0.25, -0.2) is 4.79 Å². The number of fused-ring (bicyclic) bond motifs is 1. The zero-order valence-electron chi connectivity index (χ0n) is 23.2. The van der Waals surface area contributed by atoms with E-state index < -0.39 is 5.60 Å². The van der Waals surface area contributed by atoms with Crippen LogP contribution in [0.2, 0.25) is 0 Å². The van der Waals surface area contributed by atoms with Gasteiger partial charge in [0.2, 0.25) is 0 Å². The van der Waals surface area contributed by atoms with Gasteiger partial charge in [0.15, 0.2) is 0 Å². The third-order valence-corrected chi connectivity index (χ3v) is 7.38. The Balaban J connectivity index is 1.41. The lowest BCUT2D eigenvalue weighted by Gasteiger charge is -2.20. The number of aromatic amines is 1. The van der Waals surface area contributed by atoms with Gasteiger partial charge in [0, 0.05) is 22.9 Å². The normalized spacial score (nSPS) is 11.7. The van der Waals surface area contributed by atoms with Crippen molar-refractivity contribution in [1.29, 1.82) is 0 Å². The van der Waals surface area contributed by atoms with E-state index >= 15 is 0 Å². The summed E-state index contributed by atoms with van der Waals surface area (Å²) >= 11 is 3.76. The molecule has 0 unspecified atom stereocenters. The topological polar surface area (TPSA) is 77.4 Å². The maximum Gasteiger partial charge on any atom is 0.339 e. The Labute approximate surface area is 242 Å². The molecule has 0 saturated heterocycles. The van der Waals surface area contributed by atoms with Crippen molar-refractivity contribution < 1.29 is 18.7 Å². The van der Waals surface area contributed by atoms with E-state index in [-0.39, 0.29) is 5.97 Å². The molecule has 1 N–H and O–H groups in total. The Morgan fingerprint density at radius 2 is 1.73 bits per heavy atom. The number of halogens is 1. The van der Waals surface area contributed by atoms with Gasteiger partial charge in [-0.05, 0) is 72.4 Å². The second-order valence-corrected chi connectivity index (χ2v) is 11.6. The Kier molecular flexibility index (Phi) is 8.24. The van der Waals surface area contributed by atoms with Crippen LogP contribution in [0.3, 0.4) is 0 Å². The monoisotopic (exact) mass is 600 g/mol. The van der Waals surface area contributed by atoms with E-state index in [9.17, 15) is 4.79 Å². The SMILES string of the molecule is CCc1n[nH]c(COCc2ccccc2)c1Cc1ccc2oc(-c3ccccc3C(=O)OC(C)(C)C)c(Br)c2c1. The van der Waals surface area contributed by atoms with Crippen molar-refractivity contribution in [3.8, 4) is 11.3 Å². The first-order valence-electron chi connectivity index (χ1n) is 13.4. The highest BCUT2D eigenvalue weighted by molar-refractivity contribution is 9.10. The average molecular weight is 602 g/mol. The number of aryl methyl sites for hydroxylation is 1. The van der Waals surface area contributed by atoms with Crippen molar-refractivity contribution in [2.24, 2.45) is 0 Å². The lowest BCUT2D eigenvalue weighted by molar-refractivity contribution is 0.00702. The summed E-state index contributed by atoms with van der Waals surface area (Å²) in [6, 6.07) is 23.7. The van der Waals surface area contributed by atoms with Crippen LogP contribution in [-0.4, -0.2) is 21.8 Å². The summed E-state index contributed by atoms with van der Waals surface area (Å²) in [5, 5.41) is 8.69. The van der Waals surface area contributed by atoms with Crippen LogP contribution in [0.15, 0.2) is 81.7 Å². The van der Waals surface area contributed by atoms with E-state index in [0.717, 1.165) is 49.9 Å². The molecule has 2 aromatic heterocycles. The molecule has 0 atom stereocenters. The number of H-pyrrole nitrogens is 1. The Morgan fingerprint density at radius 1 is 0.975 bits per heavy atom. The Bertz CT molecular complexity index is 1630. The molecule has 3 aromatic carbocycles. The average Bonchev–Trinajstić information content (AvgIpc) is 3.48. The molecule has 0 spiro atoms. The summed E-state index contributed by atoms with van der Waals surface area (Å²) in [6.45, 7) is 8.69. The van der Waals surface area contributed by atoms with Crippen LogP contribution in [0.4, 0.5) is 0 Å². The largest absolute Gasteiger partial charge is 0.456 e. The summed E-state index contributed by atoms with van der Waals surface area (Å²) in [4.78, 5) is 13.0. The molecule has 7 heteroatoms. The van der Waals surface area contributed by atoms with Crippen LogP contribution in [0, 0.1) is 0 Å². The molecule has 5 rings (SSSR count). The lowest BCUT2D eigenvalue weighted by Crippen LogP contribution is -2.24. The first kappa shape index (κ1) is 27.9. The third kappa shape index (κ3) is 6.21. The smallest absolute Gasteiger partial charge is 0.339 e. The highest BCUT2D eigenvalue weighted by Crippen LogP contribution is 2.40. The van der Waals surface area contributed by atoms with Gasteiger partial charge in [-0.15, -0.1) is 0 Å². The number of furan rings is 1. The minimum absolute atomic E-state index is 0.384. The summed E-state index contributed by atoms with van der Waals surface area (Å²) in [7, 11) is 0. The number of carbonyl (C=O) groups is 1. The third-order valence-electron chi connectivity index (χ3n) is 6.59. The molecule has 6 nitrogen and oxygen atoms in total. The summed E-state index contributed by atoms with van der Waals surface area (Å²) < 4.78 is 18.7. The van der Waals surface area contributed by atoms with Crippen molar-refractivity contribution in [2.75, 3.05) is 0 Å². The minimum Gasteiger partial charge on any atom is -0.456 e. The van der Waals surface area contributed by atoms with Gasteiger partial charge >= 0.3 is 5.97 Å². The van der Waals surface area contributed by atoms with E-state index in [1.54, 1.807) is 6.07 Å². The number of hydrogen-bond donors (Lipinski definition) is 1. The van der Waals surface area contributed by atoms with Gasteiger partial charge in [0.25, 0.3) is 0 Å². The molecule has 2 heterocycles. The van der Waals surface area contributed by atoms with Gasteiger partial charge in [-0.1, -0.05) is 61.5 Å². The molecule has 206 valence electrons. The molecular formula is C33H33BrN2O4. The number of carbonyl (C=O) groups excluding carboxylic acids is 1. The Hall–Kier alpha value is -3.68. The molecule has 0 bridgehead atoms. The number of esters is 1. The van der Waals surface area contributed by atoms with Gasteiger partial charge < -0.3 is 13.9 Å². The molecule has 0 saturated carbocycles. The van der Waals surface area contributed by atoms with Crippen molar-refractivity contribution in [1.82, 2.24) is 10.2 Å². The van der Waals surface area contributed by atoms with Gasteiger partial charge in [-0.2, -0.15) is 5.10 Å². The molecule has 40 heavy (non-hydrogen) atoms. The first-order valence-corrected chi connectivity index (χ1v) is 14.2. The number of nitrogens with one attached hydrogen (secondary N) is 1. The summed E-state index contributed by atoms with van der Waals surface area (Å²) in [5.41, 5.74) is 6.73. The zero-order valence-corrected chi connectivity index (χ0v) is 24.8. The summed E-state index contributed by atoms with van der Waals surface area (Å²) in [5.74, 6) is 0.214. The van der Waals surface area contributed by atoms with E-state index in [2.05, 4.69) is 57.3 Å². The molecule has 0 fully saturated rings. The number of hydrogen-bond acceptors (Lipinski definition) is 5. The molecule has 0 aliphatic rings. The van der Waals surface area contributed by atoms with Crippen LogP contribution in [0.5, 0.6) is 0 Å². The molecular weight excluding hydrogens is 568 g/mol. The van der Waals surface area contributed by atoms with E-state index in [4.69, 9.17) is 13.9 Å². The highest BCUT2D eigenvalue weighted by Gasteiger charge is 2.24. The van der Waals surface area contributed by atoms with Crippen LogP contribution in [0.25, 0.3) is 22.3 Å². The number of aromatic nitrogens is 2. The van der Waals surface area contributed by atoms with Crippen molar-refractivity contribution in [2.45, 2.75) is 59.4 Å². The predicted molar refractivity (Wildman–Crippen MR) is 160 cm³/mol. The standard InChI is InChI=1S/C33H33BrN2O4/c1-5-27-25(28(36-35-27)20-38-19-21-11-7-6-8-12-21)17-22-15-16-29-26(18-22)30(34)31(39-29)23-13-9-10-14-24(23)32(37)40-33(2,3)4/h6-16,18H,5,17,19-20H2,1-4H3,(H,35,36). The molecule has 0 radical (unpaired) electrons. The fraction of sp³-hybridized carbons (Fsp3) is 0.273. The minimum atomic E-state index is -0.597. The second-order valence-electron chi connectivity index (χ2n) is 10.8. The Morgan fingerprint density at radius 3 is 2.48 bits per heavy atom. The quantitative estimate of drug-likeness (QED) is 0.172. The fourth-order valence-electron chi connectivity index (χ4n) is 4.70. The van der Waals surface area contributed by atoms with Crippen LogP contribution in [-0.2, 0) is 35.5 Å². The van der Waals surface area contributed by atoms with E-state index in [1.807, 2.05) is 63.2 Å². The number of nitrogens with zero attached hydrogens (tertiary/aromatic N) is 1. The van der Waals surface area contributed by atoms with Crippen LogP contribution in [0.1, 0.15) is 66.1 Å². The van der Waals surface area contributed by atoms with Crippen LogP contribution < -0.4 is 0 Å². The van der Waals surface area contributed by atoms with Gasteiger partial charge in [0.05, 0.1) is 34.6 Å². The van der Waals surface area contributed by atoms with Gasteiger partial charge in [0.1, 0.15) is 16.9 Å². The lowest BCUT2D eigenvalue weighted by atomic mass is 10.0. The first-order chi connectivity index (χ1) is 19.2. The fourth-order valence-corrected chi connectivity index (χ4v) is 5.31. The van der Waals surface area contributed by atoms with Crippen molar-refractivity contribution in [3.63, 3.8) is 0 Å². The van der Waals surface area contributed by atoms with Crippen molar-refractivity contribution >= 4 is 32.9 Å². The predicted octanol–water partition coefficient (Wildman–Crippen LogP) is 8.41. The summed E-state index contributed by atoms with van der Waals surface area (Å²) in [6.07, 6.45) is 1.54. The highest BCUT2D eigenvalue weighted by atomic mass is 79.9.